The minimum atomic E-state index is -1.05. The minimum Gasteiger partial charge on any atom is -0.480 e. The molecule has 18 heavy (non-hydrogen) atoms. The van der Waals surface area contributed by atoms with Crippen LogP contribution in [0, 0.1) is 0 Å². The molecule has 98 valence electrons. The van der Waals surface area contributed by atoms with E-state index in [9.17, 15) is 14.4 Å². The molecular weight excluding hydrogens is 258 g/mol. The maximum atomic E-state index is 11.4. The smallest absolute Gasteiger partial charge is 0.320 e. The predicted molar refractivity (Wildman–Crippen MR) is 65.0 cm³/mol. The third kappa shape index (κ3) is 4.52. The van der Waals surface area contributed by atoms with Gasteiger partial charge in [-0.2, -0.15) is 0 Å². The molecule has 0 saturated heterocycles. The van der Waals surface area contributed by atoms with Crippen molar-refractivity contribution in [3.63, 3.8) is 0 Å². The Morgan fingerprint density at radius 3 is 2.67 bits per heavy atom. The maximum absolute atomic E-state index is 11.4. The molecular formula is C10H13N3O4S. The molecule has 0 radical (unpaired) electrons. The second-order valence-electron chi connectivity index (χ2n) is 3.42. The lowest BCUT2D eigenvalue weighted by Crippen LogP contribution is -2.47. The van der Waals surface area contributed by atoms with Crippen molar-refractivity contribution < 1.29 is 19.5 Å². The molecule has 0 saturated carbocycles. The zero-order valence-electron chi connectivity index (χ0n) is 9.60. The molecule has 0 fully saturated rings. The Bertz CT molecular complexity index is 432. The van der Waals surface area contributed by atoms with E-state index >= 15 is 0 Å². The highest BCUT2D eigenvalue weighted by Crippen LogP contribution is 2.06. The van der Waals surface area contributed by atoms with Gasteiger partial charge in [-0.1, -0.05) is 6.07 Å². The molecule has 2 amide bonds. The van der Waals surface area contributed by atoms with Gasteiger partial charge >= 0.3 is 5.97 Å². The molecule has 8 heteroatoms. The topological polar surface area (TPSA) is 108 Å². The monoisotopic (exact) mass is 271 g/mol. The lowest BCUT2D eigenvalue weighted by atomic mass is 10.3. The highest BCUT2D eigenvalue weighted by atomic mass is 32.1. The number of hydrazine groups is 1. The van der Waals surface area contributed by atoms with E-state index in [4.69, 9.17) is 5.11 Å². The Balaban J connectivity index is 2.25. The number of carbonyl (C=O) groups is 3. The standard InChI is InChI=1S/C10H13N3O4S/c1-6(10(16)17)11-5-8(14)12-13-9(15)7-3-2-4-18-7/h2-4,6,11H,5H2,1H3,(H,12,14)(H,13,15)(H,16,17). The molecule has 7 nitrogen and oxygen atoms in total. The Hall–Kier alpha value is -1.93. The van der Waals surface area contributed by atoms with Gasteiger partial charge in [-0.15, -0.1) is 11.3 Å². The number of hydrogen-bond acceptors (Lipinski definition) is 5. The normalized spacial score (nSPS) is 11.6. The molecule has 1 aromatic rings. The van der Waals surface area contributed by atoms with Crippen LogP contribution in [0.15, 0.2) is 17.5 Å². The maximum Gasteiger partial charge on any atom is 0.320 e. The first-order valence-corrected chi connectivity index (χ1v) is 5.97. The van der Waals surface area contributed by atoms with Gasteiger partial charge < -0.3 is 5.11 Å². The molecule has 1 aromatic heterocycles. The van der Waals surface area contributed by atoms with Gasteiger partial charge in [-0.3, -0.25) is 30.6 Å². The Kier molecular flexibility index (Phi) is 5.28. The number of aliphatic carboxylic acids is 1. The summed E-state index contributed by atoms with van der Waals surface area (Å²) in [4.78, 5) is 33.6. The zero-order chi connectivity index (χ0) is 13.5. The molecule has 1 unspecified atom stereocenters. The largest absolute Gasteiger partial charge is 0.480 e. The highest BCUT2D eigenvalue weighted by molar-refractivity contribution is 7.12. The Morgan fingerprint density at radius 2 is 2.11 bits per heavy atom. The summed E-state index contributed by atoms with van der Waals surface area (Å²) < 4.78 is 0. The molecule has 0 aliphatic heterocycles. The van der Waals surface area contributed by atoms with Gasteiger partial charge in [0.2, 0.25) is 0 Å². The molecule has 0 aliphatic rings. The van der Waals surface area contributed by atoms with E-state index in [0.717, 1.165) is 0 Å². The molecule has 0 aliphatic carbocycles. The molecule has 0 aromatic carbocycles. The van der Waals surface area contributed by atoms with Crippen molar-refractivity contribution in [2.24, 2.45) is 0 Å². The van der Waals surface area contributed by atoms with Crippen LogP contribution < -0.4 is 16.2 Å². The summed E-state index contributed by atoms with van der Waals surface area (Å²) in [6.45, 7) is 1.22. The summed E-state index contributed by atoms with van der Waals surface area (Å²) in [5, 5.41) is 12.8. The minimum absolute atomic E-state index is 0.196. The predicted octanol–water partition coefficient (Wildman–Crippen LogP) is -0.428. The fourth-order valence-electron chi connectivity index (χ4n) is 0.973. The van der Waals surface area contributed by atoms with Gasteiger partial charge in [0.15, 0.2) is 0 Å². The molecule has 0 spiro atoms. The lowest BCUT2D eigenvalue weighted by Gasteiger charge is -2.09. The van der Waals surface area contributed by atoms with E-state index in [-0.39, 0.29) is 6.54 Å². The van der Waals surface area contributed by atoms with Gasteiger partial charge in [0.05, 0.1) is 11.4 Å². The second kappa shape index (κ2) is 6.72. The average molecular weight is 271 g/mol. The van der Waals surface area contributed by atoms with Gasteiger partial charge in [0, 0.05) is 0 Å². The molecule has 1 heterocycles. The number of rotatable bonds is 5. The van der Waals surface area contributed by atoms with E-state index in [1.54, 1.807) is 17.5 Å². The van der Waals surface area contributed by atoms with Crippen LogP contribution in [0.4, 0.5) is 0 Å². The highest BCUT2D eigenvalue weighted by Gasteiger charge is 2.12. The third-order valence-electron chi connectivity index (χ3n) is 2.00. The quantitative estimate of drug-likeness (QED) is 0.544. The summed E-state index contributed by atoms with van der Waals surface area (Å²) >= 11 is 1.25. The summed E-state index contributed by atoms with van der Waals surface area (Å²) in [5.41, 5.74) is 4.40. The van der Waals surface area contributed by atoms with Crippen LogP contribution in [0.5, 0.6) is 0 Å². The van der Waals surface area contributed by atoms with Crippen LogP contribution in [0.3, 0.4) is 0 Å². The van der Waals surface area contributed by atoms with Crippen LogP contribution in [0.1, 0.15) is 16.6 Å². The van der Waals surface area contributed by atoms with Crippen molar-refractivity contribution in [3.8, 4) is 0 Å². The molecule has 1 atom stereocenters. The third-order valence-corrected chi connectivity index (χ3v) is 2.87. The first-order valence-electron chi connectivity index (χ1n) is 5.09. The molecule has 1 rings (SSSR count). The summed E-state index contributed by atoms with van der Waals surface area (Å²) in [6, 6.07) is 2.51. The van der Waals surface area contributed by atoms with Crippen LogP contribution in [0.25, 0.3) is 0 Å². The molecule has 4 N–H and O–H groups in total. The van der Waals surface area contributed by atoms with E-state index in [2.05, 4.69) is 16.2 Å². The Labute approximate surface area is 107 Å². The summed E-state index contributed by atoms with van der Waals surface area (Å²) in [7, 11) is 0. The van der Waals surface area contributed by atoms with E-state index in [0.29, 0.717) is 4.88 Å². The number of nitrogens with one attached hydrogen (secondary N) is 3. The van der Waals surface area contributed by atoms with Crippen molar-refractivity contribution in [2.45, 2.75) is 13.0 Å². The van der Waals surface area contributed by atoms with Crippen molar-refractivity contribution in [2.75, 3.05) is 6.54 Å². The number of carboxylic acids is 1. The van der Waals surface area contributed by atoms with Crippen molar-refractivity contribution >= 4 is 29.1 Å². The second-order valence-corrected chi connectivity index (χ2v) is 4.37. The van der Waals surface area contributed by atoms with Crippen LogP contribution in [-0.2, 0) is 9.59 Å². The van der Waals surface area contributed by atoms with Crippen molar-refractivity contribution in [1.29, 1.82) is 0 Å². The number of thiophene rings is 1. The number of carboxylic acid groups (broad SMARTS) is 1. The van der Waals surface area contributed by atoms with Crippen LogP contribution in [-0.4, -0.2) is 35.5 Å². The molecule has 0 bridgehead atoms. The van der Waals surface area contributed by atoms with Gasteiger partial charge in [-0.25, -0.2) is 0 Å². The van der Waals surface area contributed by atoms with Crippen molar-refractivity contribution in [3.05, 3.63) is 22.4 Å². The van der Waals surface area contributed by atoms with E-state index in [1.165, 1.54) is 18.3 Å². The fourth-order valence-corrected chi connectivity index (χ4v) is 1.59. The zero-order valence-corrected chi connectivity index (χ0v) is 10.4. The average Bonchev–Trinajstić information content (AvgIpc) is 2.86. The van der Waals surface area contributed by atoms with Crippen LogP contribution >= 0.6 is 11.3 Å². The van der Waals surface area contributed by atoms with Gasteiger partial charge in [0.25, 0.3) is 11.8 Å². The van der Waals surface area contributed by atoms with E-state index < -0.39 is 23.8 Å². The summed E-state index contributed by atoms with van der Waals surface area (Å²) in [6.07, 6.45) is 0. The number of carbonyl (C=O) groups excluding carboxylic acids is 2. The number of amides is 2. The first kappa shape index (κ1) is 14.1. The SMILES string of the molecule is CC(NCC(=O)NNC(=O)c1cccs1)C(=O)O. The number of hydrogen-bond donors (Lipinski definition) is 4. The van der Waals surface area contributed by atoms with Gasteiger partial charge in [0.1, 0.15) is 6.04 Å². The lowest BCUT2D eigenvalue weighted by molar-refractivity contribution is -0.139. The first-order chi connectivity index (χ1) is 8.50. The van der Waals surface area contributed by atoms with Crippen LogP contribution in [0.2, 0.25) is 0 Å². The van der Waals surface area contributed by atoms with Crippen molar-refractivity contribution in [1.82, 2.24) is 16.2 Å². The van der Waals surface area contributed by atoms with Gasteiger partial charge in [-0.05, 0) is 18.4 Å². The fraction of sp³-hybridized carbons (Fsp3) is 0.300. The van der Waals surface area contributed by atoms with E-state index in [1.807, 2.05) is 0 Å². The Morgan fingerprint density at radius 1 is 1.39 bits per heavy atom. The summed E-state index contributed by atoms with van der Waals surface area (Å²) in [5.74, 6) is -1.98.